The monoisotopic (exact) mass is 395 g/mol. The number of hydrogen-bond donors (Lipinski definition) is 0. The van der Waals surface area contributed by atoms with E-state index in [0.29, 0.717) is 17.1 Å². The number of halogens is 3. The first kappa shape index (κ1) is 16.0. The largest absolute Gasteiger partial charge is 0.338 e. The zero-order valence-electron chi connectivity index (χ0n) is 10.3. The molecule has 1 aromatic carbocycles. The highest BCUT2D eigenvalue weighted by Gasteiger charge is 2.17. The molecule has 0 N–H and O–H groups in total. The number of benzene rings is 1. The number of hydrogen-bond acceptors (Lipinski definition) is 1. The Morgan fingerprint density at radius 3 is 2.72 bits per heavy atom. The van der Waals surface area contributed by atoms with E-state index in [4.69, 9.17) is 11.6 Å². The van der Waals surface area contributed by atoms with Crippen LogP contribution in [0, 0.1) is 0 Å². The Labute approximate surface area is 130 Å². The summed E-state index contributed by atoms with van der Waals surface area (Å²) in [6.07, 6.45) is 2.08. The number of rotatable bonds is 6. The van der Waals surface area contributed by atoms with Gasteiger partial charge >= 0.3 is 0 Å². The molecule has 0 aliphatic rings. The lowest BCUT2D eigenvalue weighted by Crippen LogP contribution is -2.33. The number of carbonyl (C=O) groups excluding carboxylic acids is 1. The maximum absolute atomic E-state index is 12.4. The number of unbranched alkanes of at least 4 members (excludes halogenated alkanes) is 1. The molecule has 1 rings (SSSR count). The molecule has 0 heterocycles. The van der Waals surface area contributed by atoms with Crippen molar-refractivity contribution in [2.45, 2.75) is 19.8 Å². The van der Waals surface area contributed by atoms with Gasteiger partial charge in [0, 0.05) is 27.9 Å². The second-order valence-corrected chi connectivity index (χ2v) is 6.04. The van der Waals surface area contributed by atoms with Crippen molar-refractivity contribution in [2.24, 2.45) is 0 Å². The summed E-state index contributed by atoms with van der Waals surface area (Å²) in [4.78, 5) is 14.3. The first-order valence-electron chi connectivity index (χ1n) is 5.90. The minimum Gasteiger partial charge on any atom is -0.338 e. The molecule has 1 aromatic rings. The van der Waals surface area contributed by atoms with Crippen molar-refractivity contribution in [2.75, 3.05) is 18.4 Å². The predicted molar refractivity (Wildman–Crippen MR) is 83.8 cm³/mol. The summed E-state index contributed by atoms with van der Waals surface area (Å²) in [5.41, 5.74) is 0.625. The fourth-order valence-corrected chi connectivity index (χ4v) is 2.61. The molecule has 2 nitrogen and oxygen atoms in total. The van der Waals surface area contributed by atoms with Crippen molar-refractivity contribution in [1.29, 1.82) is 0 Å². The molecule has 0 aliphatic heterocycles. The molecule has 0 unspecified atom stereocenters. The van der Waals surface area contributed by atoms with Gasteiger partial charge < -0.3 is 4.90 Å². The third-order valence-electron chi connectivity index (χ3n) is 2.58. The van der Waals surface area contributed by atoms with E-state index in [-0.39, 0.29) is 5.91 Å². The number of nitrogens with zero attached hydrogens (tertiary/aromatic N) is 1. The van der Waals surface area contributed by atoms with Crippen molar-refractivity contribution >= 4 is 49.4 Å². The van der Waals surface area contributed by atoms with Crippen molar-refractivity contribution in [3.63, 3.8) is 0 Å². The summed E-state index contributed by atoms with van der Waals surface area (Å²) in [5, 5.41) is 1.36. The number of carbonyl (C=O) groups is 1. The lowest BCUT2D eigenvalue weighted by atomic mass is 10.2. The van der Waals surface area contributed by atoms with Crippen LogP contribution >= 0.6 is 43.5 Å². The summed E-state index contributed by atoms with van der Waals surface area (Å²) in [7, 11) is 0. The average molecular weight is 398 g/mol. The Balaban J connectivity index is 2.90. The van der Waals surface area contributed by atoms with Crippen LogP contribution in [0.4, 0.5) is 0 Å². The van der Waals surface area contributed by atoms with E-state index < -0.39 is 0 Å². The second kappa shape index (κ2) is 8.18. The van der Waals surface area contributed by atoms with Crippen LogP contribution in [-0.4, -0.2) is 29.2 Å². The summed E-state index contributed by atoms with van der Waals surface area (Å²) >= 11 is 12.7. The van der Waals surface area contributed by atoms with Crippen molar-refractivity contribution in [1.82, 2.24) is 4.90 Å². The van der Waals surface area contributed by atoms with Crippen molar-refractivity contribution < 1.29 is 4.79 Å². The molecule has 0 atom stereocenters. The summed E-state index contributed by atoms with van der Waals surface area (Å²) in [6, 6.07) is 5.28. The van der Waals surface area contributed by atoms with Crippen LogP contribution in [0.5, 0.6) is 0 Å². The summed E-state index contributed by atoms with van der Waals surface area (Å²) < 4.78 is 0.785. The first-order chi connectivity index (χ1) is 8.60. The van der Waals surface area contributed by atoms with Gasteiger partial charge in [-0.05, 0) is 40.5 Å². The van der Waals surface area contributed by atoms with E-state index >= 15 is 0 Å². The van der Waals surface area contributed by atoms with Crippen molar-refractivity contribution in [3.8, 4) is 0 Å². The molecule has 0 fully saturated rings. The molecule has 1 amide bonds. The van der Waals surface area contributed by atoms with Gasteiger partial charge in [-0.25, -0.2) is 0 Å². The topological polar surface area (TPSA) is 20.3 Å². The van der Waals surface area contributed by atoms with Crippen LogP contribution in [0.3, 0.4) is 0 Å². The van der Waals surface area contributed by atoms with Gasteiger partial charge in [0.05, 0.1) is 5.56 Å². The highest BCUT2D eigenvalue weighted by molar-refractivity contribution is 9.10. The van der Waals surface area contributed by atoms with Gasteiger partial charge in [0.1, 0.15) is 0 Å². The van der Waals surface area contributed by atoms with Crippen LogP contribution in [0.15, 0.2) is 22.7 Å². The Hall–Kier alpha value is -0.0600. The lowest BCUT2D eigenvalue weighted by molar-refractivity contribution is 0.0763. The maximum Gasteiger partial charge on any atom is 0.255 e. The summed E-state index contributed by atoms with van der Waals surface area (Å²) in [5.74, 6) is 0.0253. The Bertz CT molecular complexity index is 412. The van der Waals surface area contributed by atoms with E-state index in [2.05, 4.69) is 38.8 Å². The first-order valence-corrected chi connectivity index (χ1v) is 8.19. The van der Waals surface area contributed by atoms with E-state index in [1.165, 1.54) is 0 Å². The van der Waals surface area contributed by atoms with Gasteiger partial charge in [-0.15, -0.1) is 0 Å². The highest BCUT2D eigenvalue weighted by Crippen LogP contribution is 2.22. The third-order valence-corrected chi connectivity index (χ3v) is 3.86. The molecule has 0 aromatic heterocycles. The molecule has 0 radical (unpaired) electrons. The highest BCUT2D eigenvalue weighted by atomic mass is 79.9. The quantitative estimate of drug-likeness (QED) is 0.635. The lowest BCUT2D eigenvalue weighted by Gasteiger charge is -2.22. The number of alkyl halides is 1. The molecule has 0 aliphatic carbocycles. The molecular weight excluding hydrogens is 381 g/mol. The Morgan fingerprint density at radius 1 is 1.39 bits per heavy atom. The van der Waals surface area contributed by atoms with Gasteiger partial charge in [-0.3, -0.25) is 4.79 Å². The van der Waals surface area contributed by atoms with Crippen LogP contribution in [0.25, 0.3) is 0 Å². The van der Waals surface area contributed by atoms with Crippen LogP contribution < -0.4 is 0 Å². The molecule has 5 heteroatoms. The van der Waals surface area contributed by atoms with Gasteiger partial charge in [-0.1, -0.05) is 40.9 Å². The van der Waals surface area contributed by atoms with E-state index in [9.17, 15) is 4.79 Å². The zero-order chi connectivity index (χ0) is 13.5. The molecule has 0 spiro atoms. The van der Waals surface area contributed by atoms with Crippen LogP contribution in [-0.2, 0) is 0 Å². The molecule has 100 valence electrons. The SMILES string of the molecule is CCCCN(CCBr)C(=O)c1cc(Cl)ccc1Br. The molecule has 0 saturated heterocycles. The fourth-order valence-electron chi connectivity index (χ4n) is 1.60. The average Bonchev–Trinajstić information content (AvgIpc) is 2.36. The van der Waals surface area contributed by atoms with E-state index in [1.807, 2.05) is 11.0 Å². The van der Waals surface area contributed by atoms with Gasteiger partial charge in [0.25, 0.3) is 5.91 Å². The van der Waals surface area contributed by atoms with Gasteiger partial charge in [-0.2, -0.15) is 0 Å². The zero-order valence-corrected chi connectivity index (χ0v) is 14.2. The molecule has 0 bridgehead atoms. The van der Waals surface area contributed by atoms with E-state index in [1.54, 1.807) is 12.1 Å². The molecule has 0 saturated carbocycles. The Morgan fingerprint density at radius 2 is 2.11 bits per heavy atom. The van der Waals surface area contributed by atoms with Crippen LogP contribution in [0.2, 0.25) is 5.02 Å². The minimum absolute atomic E-state index is 0.0253. The standard InChI is InChI=1S/C13H16Br2ClNO/c1-2-3-7-17(8-6-14)13(18)11-9-10(16)4-5-12(11)15/h4-5,9H,2-3,6-8H2,1H3. The summed E-state index contributed by atoms with van der Waals surface area (Å²) in [6.45, 7) is 3.60. The maximum atomic E-state index is 12.4. The Kier molecular flexibility index (Phi) is 7.27. The fraction of sp³-hybridized carbons (Fsp3) is 0.462. The molecular formula is C13H16Br2ClNO. The third kappa shape index (κ3) is 4.56. The molecule has 18 heavy (non-hydrogen) atoms. The number of amides is 1. The minimum atomic E-state index is 0.0253. The second-order valence-electron chi connectivity index (χ2n) is 3.96. The predicted octanol–water partition coefficient (Wildman–Crippen LogP) is 4.74. The smallest absolute Gasteiger partial charge is 0.255 e. The van der Waals surface area contributed by atoms with E-state index in [0.717, 1.165) is 29.2 Å². The normalized spacial score (nSPS) is 10.4. The van der Waals surface area contributed by atoms with Crippen molar-refractivity contribution in [3.05, 3.63) is 33.3 Å². The van der Waals surface area contributed by atoms with Gasteiger partial charge in [0.15, 0.2) is 0 Å². The van der Waals surface area contributed by atoms with Crippen LogP contribution in [0.1, 0.15) is 30.1 Å². The van der Waals surface area contributed by atoms with Gasteiger partial charge in [0.2, 0.25) is 0 Å².